The fraction of sp³-hybridized carbons (Fsp3) is 0.529. The molecule has 2 aromatic rings. The molecule has 21 heavy (non-hydrogen) atoms. The minimum absolute atomic E-state index is 0.289. The van der Waals surface area contributed by atoms with Crippen molar-refractivity contribution >= 4 is 10.9 Å². The van der Waals surface area contributed by atoms with E-state index in [0.717, 1.165) is 32.8 Å². The van der Waals surface area contributed by atoms with Crippen molar-refractivity contribution in [3.8, 4) is 0 Å². The summed E-state index contributed by atoms with van der Waals surface area (Å²) in [6, 6.07) is 8.79. The Morgan fingerprint density at radius 2 is 2.05 bits per heavy atom. The fourth-order valence-corrected chi connectivity index (χ4v) is 2.35. The molecular formula is C17H26N2O2. The van der Waals surface area contributed by atoms with Crippen molar-refractivity contribution in [2.45, 2.75) is 33.0 Å². The van der Waals surface area contributed by atoms with Crippen LogP contribution in [0.15, 0.2) is 30.5 Å². The summed E-state index contributed by atoms with van der Waals surface area (Å²) >= 11 is 0. The molecule has 0 unspecified atom stereocenters. The van der Waals surface area contributed by atoms with Crippen LogP contribution in [0.5, 0.6) is 0 Å². The van der Waals surface area contributed by atoms with E-state index in [1.165, 1.54) is 16.5 Å². The van der Waals surface area contributed by atoms with Gasteiger partial charge in [-0.2, -0.15) is 0 Å². The van der Waals surface area contributed by atoms with Gasteiger partial charge in [-0.25, -0.2) is 0 Å². The molecule has 4 heteroatoms. The monoisotopic (exact) mass is 290 g/mol. The first-order valence-electron chi connectivity index (χ1n) is 7.59. The molecular weight excluding hydrogens is 264 g/mol. The third kappa shape index (κ3) is 4.84. The predicted molar refractivity (Wildman–Crippen MR) is 86.6 cm³/mol. The van der Waals surface area contributed by atoms with Crippen LogP contribution in [-0.4, -0.2) is 37.5 Å². The molecule has 0 radical (unpaired) electrons. The second kappa shape index (κ2) is 8.17. The smallest absolute Gasteiger partial charge is 0.0649 e. The molecule has 0 saturated carbocycles. The van der Waals surface area contributed by atoms with Crippen LogP contribution < -0.4 is 5.32 Å². The predicted octanol–water partition coefficient (Wildman–Crippen LogP) is 2.80. The van der Waals surface area contributed by atoms with Crippen LogP contribution in [0, 0.1) is 0 Å². The lowest BCUT2D eigenvalue weighted by molar-refractivity contribution is 0.0733. The Balaban J connectivity index is 1.94. The minimum Gasteiger partial charge on any atom is -0.383 e. The highest BCUT2D eigenvalue weighted by atomic mass is 16.5. The number of hydrogen-bond acceptors (Lipinski definition) is 3. The first-order chi connectivity index (χ1) is 10.2. The molecule has 0 amide bonds. The van der Waals surface area contributed by atoms with Crippen LogP contribution in [0.2, 0.25) is 0 Å². The van der Waals surface area contributed by atoms with Crippen LogP contribution in [0.4, 0.5) is 0 Å². The Kier molecular flexibility index (Phi) is 6.23. The van der Waals surface area contributed by atoms with E-state index < -0.39 is 0 Å². The van der Waals surface area contributed by atoms with Gasteiger partial charge < -0.3 is 19.4 Å². The molecule has 1 aromatic heterocycles. The highest BCUT2D eigenvalue weighted by Crippen LogP contribution is 2.17. The number of benzene rings is 1. The average Bonchev–Trinajstić information content (AvgIpc) is 2.86. The number of nitrogens with zero attached hydrogens (tertiary/aromatic N) is 1. The Bertz CT molecular complexity index is 549. The molecule has 0 bridgehead atoms. The lowest BCUT2D eigenvalue weighted by Gasteiger charge is -2.10. The molecule has 116 valence electrons. The second-order valence-corrected chi connectivity index (χ2v) is 5.49. The SMILES string of the molecule is COCCNCc1ccc2c(ccn2CCOC(C)C)c1. The van der Waals surface area contributed by atoms with E-state index in [0.29, 0.717) is 0 Å². The Morgan fingerprint density at radius 1 is 1.19 bits per heavy atom. The summed E-state index contributed by atoms with van der Waals surface area (Å²) in [7, 11) is 1.72. The first-order valence-corrected chi connectivity index (χ1v) is 7.59. The van der Waals surface area contributed by atoms with Crippen molar-refractivity contribution in [2.24, 2.45) is 0 Å². The lowest BCUT2D eigenvalue weighted by atomic mass is 10.1. The summed E-state index contributed by atoms with van der Waals surface area (Å²) in [5.74, 6) is 0. The Hall–Kier alpha value is -1.36. The molecule has 1 N–H and O–H groups in total. The van der Waals surface area contributed by atoms with Gasteiger partial charge in [-0.15, -0.1) is 0 Å². The summed E-state index contributed by atoms with van der Waals surface area (Å²) < 4.78 is 12.9. The number of fused-ring (bicyclic) bond motifs is 1. The molecule has 0 aliphatic carbocycles. The molecule has 2 rings (SSSR count). The van der Waals surface area contributed by atoms with Gasteiger partial charge >= 0.3 is 0 Å². The van der Waals surface area contributed by atoms with Crippen molar-refractivity contribution < 1.29 is 9.47 Å². The van der Waals surface area contributed by atoms with E-state index in [4.69, 9.17) is 9.47 Å². The summed E-state index contributed by atoms with van der Waals surface area (Å²) in [5.41, 5.74) is 2.57. The van der Waals surface area contributed by atoms with Gasteiger partial charge in [0.1, 0.15) is 0 Å². The molecule has 0 saturated heterocycles. The highest BCUT2D eigenvalue weighted by Gasteiger charge is 2.03. The van der Waals surface area contributed by atoms with Gasteiger partial charge in [0.25, 0.3) is 0 Å². The van der Waals surface area contributed by atoms with Crippen molar-refractivity contribution in [1.82, 2.24) is 9.88 Å². The van der Waals surface area contributed by atoms with E-state index in [1.807, 2.05) is 0 Å². The van der Waals surface area contributed by atoms with E-state index in [-0.39, 0.29) is 6.10 Å². The zero-order chi connectivity index (χ0) is 15.1. The maximum Gasteiger partial charge on any atom is 0.0649 e. The van der Waals surface area contributed by atoms with Crippen LogP contribution in [0.25, 0.3) is 10.9 Å². The van der Waals surface area contributed by atoms with E-state index in [9.17, 15) is 0 Å². The van der Waals surface area contributed by atoms with Crippen LogP contribution in [0.1, 0.15) is 19.4 Å². The summed E-state index contributed by atoms with van der Waals surface area (Å²) in [5, 5.41) is 4.65. The zero-order valence-corrected chi connectivity index (χ0v) is 13.3. The Labute approximate surface area is 127 Å². The van der Waals surface area contributed by atoms with Crippen molar-refractivity contribution in [3.63, 3.8) is 0 Å². The van der Waals surface area contributed by atoms with Gasteiger partial charge in [-0.3, -0.25) is 0 Å². The molecule has 1 heterocycles. The summed E-state index contributed by atoms with van der Waals surface area (Å²) in [6.07, 6.45) is 2.42. The maximum atomic E-state index is 5.62. The number of aromatic nitrogens is 1. The zero-order valence-electron chi connectivity index (χ0n) is 13.3. The normalized spacial score (nSPS) is 11.6. The van der Waals surface area contributed by atoms with Crippen molar-refractivity contribution in [2.75, 3.05) is 26.9 Å². The van der Waals surface area contributed by atoms with E-state index in [1.54, 1.807) is 7.11 Å². The lowest BCUT2D eigenvalue weighted by Crippen LogP contribution is -2.18. The summed E-state index contributed by atoms with van der Waals surface area (Å²) in [4.78, 5) is 0. The third-order valence-electron chi connectivity index (χ3n) is 3.43. The van der Waals surface area contributed by atoms with Gasteiger partial charge in [0.15, 0.2) is 0 Å². The number of hydrogen-bond donors (Lipinski definition) is 1. The number of ether oxygens (including phenoxy) is 2. The van der Waals surface area contributed by atoms with Gasteiger partial charge in [0, 0.05) is 38.5 Å². The van der Waals surface area contributed by atoms with Gasteiger partial charge in [0.05, 0.1) is 19.3 Å². The quantitative estimate of drug-likeness (QED) is 0.721. The summed E-state index contributed by atoms with van der Waals surface area (Å²) in [6.45, 7) is 8.28. The topological polar surface area (TPSA) is 35.4 Å². The van der Waals surface area contributed by atoms with Crippen molar-refractivity contribution in [3.05, 3.63) is 36.0 Å². The molecule has 0 aliphatic rings. The fourth-order valence-electron chi connectivity index (χ4n) is 2.35. The number of rotatable bonds is 9. The van der Waals surface area contributed by atoms with Gasteiger partial charge in [0.2, 0.25) is 0 Å². The first kappa shape index (κ1) is 16.0. The largest absolute Gasteiger partial charge is 0.383 e. The third-order valence-corrected chi connectivity index (χ3v) is 3.43. The van der Waals surface area contributed by atoms with E-state index in [2.05, 4.69) is 54.2 Å². The van der Waals surface area contributed by atoms with Gasteiger partial charge in [-0.1, -0.05) is 6.07 Å². The molecule has 4 nitrogen and oxygen atoms in total. The highest BCUT2D eigenvalue weighted by molar-refractivity contribution is 5.80. The minimum atomic E-state index is 0.289. The van der Waals surface area contributed by atoms with Crippen molar-refractivity contribution in [1.29, 1.82) is 0 Å². The molecule has 0 aliphatic heterocycles. The molecule has 0 spiro atoms. The number of nitrogens with one attached hydrogen (secondary N) is 1. The Morgan fingerprint density at radius 3 is 2.81 bits per heavy atom. The van der Waals surface area contributed by atoms with Crippen LogP contribution in [-0.2, 0) is 22.6 Å². The van der Waals surface area contributed by atoms with Crippen LogP contribution in [0.3, 0.4) is 0 Å². The van der Waals surface area contributed by atoms with E-state index >= 15 is 0 Å². The standard InChI is InChI=1S/C17H26N2O2/c1-14(2)21-11-9-19-8-6-16-12-15(4-5-17(16)19)13-18-7-10-20-3/h4-6,8,12,14,18H,7,9-11,13H2,1-3H3. The molecule has 0 atom stereocenters. The van der Waals surface area contributed by atoms with Gasteiger partial charge in [-0.05, 0) is 43.0 Å². The average molecular weight is 290 g/mol. The molecule has 0 fully saturated rings. The van der Waals surface area contributed by atoms with Crippen LogP contribution >= 0.6 is 0 Å². The second-order valence-electron chi connectivity index (χ2n) is 5.49. The number of methoxy groups -OCH3 is 1. The maximum absolute atomic E-state index is 5.62. The molecule has 1 aromatic carbocycles.